The van der Waals surface area contributed by atoms with Gasteiger partial charge in [0.1, 0.15) is 6.61 Å². The van der Waals surface area contributed by atoms with Crippen LogP contribution in [0, 0.1) is 11.8 Å². The Balaban J connectivity index is 2.10. The van der Waals surface area contributed by atoms with Gasteiger partial charge in [0.05, 0.1) is 5.92 Å². The molecular formula is C18H25NO4. The average Bonchev–Trinajstić information content (AvgIpc) is 2.52. The number of carbonyl (C=O) groups is 2. The zero-order chi connectivity index (χ0) is 17.0. The quantitative estimate of drug-likeness (QED) is 0.922. The summed E-state index contributed by atoms with van der Waals surface area (Å²) in [5.74, 6) is -1.12. The molecule has 1 heterocycles. The van der Waals surface area contributed by atoms with Gasteiger partial charge < -0.3 is 14.7 Å². The number of amides is 1. The van der Waals surface area contributed by atoms with Gasteiger partial charge in [-0.3, -0.25) is 4.79 Å². The van der Waals surface area contributed by atoms with E-state index in [1.165, 1.54) is 0 Å². The van der Waals surface area contributed by atoms with Crippen LogP contribution in [0.3, 0.4) is 0 Å². The summed E-state index contributed by atoms with van der Waals surface area (Å²) >= 11 is 0. The number of hydrogen-bond acceptors (Lipinski definition) is 3. The Labute approximate surface area is 137 Å². The molecule has 126 valence electrons. The highest BCUT2D eigenvalue weighted by atomic mass is 16.6. The molecule has 1 amide bonds. The van der Waals surface area contributed by atoms with E-state index >= 15 is 0 Å². The minimum absolute atomic E-state index is 0.0175. The molecule has 0 spiro atoms. The van der Waals surface area contributed by atoms with Crippen molar-refractivity contribution in [3.63, 3.8) is 0 Å². The van der Waals surface area contributed by atoms with Crippen molar-refractivity contribution in [2.45, 2.75) is 52.3 Å². The number of likely N-dealkylation sites (tertiary alicyclic amines) is 1. The fraction of sp³-hybridized carbons (Fsp3) is 0.556. The summed E-state index contributed by atoms with van der Waals surface area (Å²) in [7, 11) is 0. The van der Waals surface area contributed by atoms with Crippen molar-refractivity contribution in [2.24, 2.45) is 11.8 Å². The first-order valence-electron chi connectivity index (χ1n) is 8.13. The molecule has 1 aliphatic heterocycles. The van der Waals surface area contributed by atoms with E-state index in [0.717, 1.165) is 5.56 Å². The molecule has 5 heteroatoms. The second kappa shape index (κ2) is 7.49. The highest BCUT2D eigenvalue weighted by Crippen LogP contribution is 2.32. The maximum absolute atomic E-state index is 12.6. The van der Waals surface area contributed by atoms with Crippen molar-refractivity contribution in [1.82, 2.24) is 4.90 Å². The number of nitrogens with zero attached hydrogens (tertiary/aromatic N) is 1. The fourth-order valence-corrected chi connectivity index (χ4v) is 3.31. The number of carboxylic acid groups (broad SMARTS) is 1. The first-order valence-corrected chi connectivity index (χ1v) is 8.13. The van der Waals surface area contributed by atoms with Crippen LogP contribution in [0.25, 0.3) is 0 Å². The van der Waals surface area contributed by atoms with E-state index in [2.05, 4.69) is 13.8 Å². The molecule has 0 radical (unpaired) electrons. The van der Waals surface area contributed by atoms with E-state index in [1.54, 1.807) is 11.8 Å². The lowest BCUT2D eigenvalue weighted by Gasteiger charge is -2.44. The average molecular weight is 319 g/mol. The smallest absolute Gasteiger partial charge is 0.410 e. The van der Waals surface area contributed by atoms with Crippen molar-refractivity contribution in [3.05, 3.63) is 35.9 Å². The third kappa shape index (κ3) is 4.03. The van der Waals surface area contributed by atoms with E-state index in [1.807, 2.05) is 30.3 Å². The van der Waals surface area contributed by atoms with Gasteiger partial charge in [-0.1, -0.05) is 44.2 Å². The standard InChI is InChI=1S/C18H25NO4/c1-12(2)16-10-9-15(17(20)21)13(3)19(16)18(22)23-11-14-7-5-4-6-8-14/h4-8,12-13,15-16H,9-11H2,1-3H3,(H,20,21). The van der Waals surface area contributed by atoms with Gasteiger partial charge in [-0.05, 0) is 31.2 Å². The van der Waals surface area contributed by atoms with Gasteiger partial charge in [-0.15, -0.1) is 0 Å². The zero-order valence-electron chi connectivity index (χ0n) is 13.9. The number of piperidine rings is 1. The van der Waals surface area contributed by atoms with Crippen LogP contribution in [0.2, 0.25) is 0 Å². The lowest BCUT2D eigenvalue weighted by Crippen LogP contribution is -2.56. The van der Waals surface area contributed by atoms with Gasteiger partial charge in [-0.25, -0.2) is 4.79 Å². The highest BCUT2D eigenvalue weighted by molar-refractivity contribution is 5.74. The van der Waals surface area contributed by atoms with Gasteiger partial charge >= 0.3 is 12.1 Å². The van der Waals surface area contributed by atoms with Gasteiger partial charge in [0.2, 0.25) is 0 Å². The number of hydrogen-bond donors (Lipinski definition) is 1. The number of ether oxygens (including phenoxy) is 1. The van der Waals surface area contributed by atoms with Crippen LogP contribution in [0.5, 0.6) is 0 Å². The number of carboxylic acids is 1. The normalized spacial score (nSPS) is 24.5. The Morgan fingerprint density at radius 3 is 2.48 bits per heavy atom. The molecule has 3 unspecified atom stereocenters. The molecule has 1 N–H and O–H groups in total. The van der Waals surface area contributed by atoms with Crippen LogP contribution < -0.4 is 0 Å². The monoisotopic (exact) mass is 319 g/mol. The SMILES string of the molecule is CC(C)C1CCC(C(=O)O)C(C)N1C(=O)OCc1ccccc1. The van der Waals surface area contributed by atoms with Gasteiger partial charge in [0.15, 0.2) is 0 Å². The molecule has 3 atom stereocenters. The van der Waals surface area contributed by atoms with E-state index in [-0.39, 0.29) is 24.6 Å². The molecule has 0 aromatic heterocycles. The van der Waals surface area contributed by atoms with Crippen LogP contribution in [0.1, 0.15) is 39.2 Å². The van der Waals surface area contributed by atoms with E-state index in [4.69, 9.17) is 4.74 Å². The minimum Gasteiger partial charge on any atom is -0.481 e. The molecule has 0 bridgehead atoms. The summed E-state index contributed by atoms with van der Waals surface area (Å²) in [6.45, 7) is 6.11. The van der Waals surface area contributed by atoms with Crippen LogP contribution in [0.15, 0.2) is 30.3 Å². The third-order valence-electron chi connectivity index (χ3n) is 4.65. The van der Waals surface area contributed by atoms with Crippen molar-refractivity contribution < 1.29 is 19.4 Å². The topological polar surface area (TPSA) is 66.8 Å². The summed E-state index contributed by atoms with van der Waals surface area (Å²) in [5, 5.41) is 9.36. The molecule has 23 heavy (non-hydrogen) atoms. The summed E-state index contributed by atoms with van der Waals surface area (Å²) in [6.07, 6.45) is 0.868. The lowest BCUT2D eigenvalue weighted by atomic mass is 9.83. The van der Waals surface area contributed by atoms with Crippen LogP contribution in [-0.2, 0) is 16.1 Å². The largest absolute Gasteiger partial charge is 0.481 e. The van der Waals surface area contributed by atoms with E-state index in [0.29, 0.717) is 12.8 Å². The number of rotatable bonds is 4. The molecule has 1 aromatic rings. The molecule has 1 aromatic carbocycles. The summed E-state index contributed by atoms with van der Waals surface area (Å²) in [6, 6.07) is 9.14. The molecule has 5 nitrogen and oxygen atoms in total. The molecule has 0 aliphatic carbocycles. The van der Waals surface area contributed by atoms with Gasteiger partial charge in [0, 0.05) is 12.1 Å². The number of aliphatic carboxylic acids is 1. The van der Waals surface area contributed by atoms with Crippen LogP contribution in [-0.4, -0.2) is 34.2 Å². The van der Waals surface area contributed by atoms with Gasteiger partial charge in [0.25, 0.3) is 0 Å². The predicted octanol–water partition coefficient (Wildman–Crippen LogP) is 3.53. The molecule has 1 fully saturated rings. The number of benzene rings is 1. The Bertz CT molecular complexity index is 543. The second-order valence-corrected chi connectivity index (χ2v) is 6.52. The Hall–Kier alpha value is -2.04. The molecule has 0 saturated carbocycles. The fourth-order valence-electron chi connectivity index (χ4n) is 3.31. The van der Waals surface area contributed by atoms with Crippen LogP contribution in [0.4, 0.5) is 4.79 Å². The van der Waals surface area contributed by atoms with Crippen molar-refractivity contribution in [2.75, 3.05) is 0 Å². The first kappa shape index (κ1) is 17.3. The van der Waals surface area contributed by atoms with Crippen molar-refractivity contribution >= 4 is 12.1 Å². The van der Waals surface area contributed by atoms with E-state index < -0.39 is 18.0 Å². The highest BCUT2D eigenvalue weighted by Gasteiger charge is 2.42. The maximum atomic E-state index is 12.6. The Kier molecular flexibility index (Phi) is 5.64. The summed E-state index contributed by atoms with van der Waals surface area (Å²) in [5.41, 5.74) is 0.918. The second-order valence-electron chi connectivity index (χ2n) is 6.52. The van der Waals surface area contributed by atoms with Crippen molar-refractivity contribution in [3.8, 4) is 0 Å². The third-order valence-corrected chi connectivity index (χ3v) is 4.65. The Morgan fingerprint density at radius 1 is 1.26 bits per heavy atom. The summed E-state index contributed by atoms with van der Waals surface area (Å²) < 4.78 is 5.44. The first-order chi connectivity index (χ1) is 10.9. The molecular weight excluding hydrogens is 294 g/mol. The number of carbonyl (C=O) groups excluding carboxylic acids is 1. The maximum Gasteiger partial charge on any atom is 0.410 e. The van der Waals surface area contributed by atoms with E-state index in [9.17, 15) is 14.7 Å². The molecule has 1 saturated heterocycles. The Morgan fingerprint density at radius 2 is 1.91 bits per heavy atom. The molecule has 2 rings (SSSR count). The summed E-state index contributed by atoms with van der Waals surface area (Å²) in [4.78, 5) is 25.6. The van der Waals surface area contributed by atoms with Gasteiger partial charge in [-0.2, -0.15) is 0 Å². The predicted molar refractivity (Wildman–Crippen MR) is 86.9 cm³/mol. The van der Waals surface area contributed by atoms with Crippen LogP contribution >= 0.6 is 0 Å². The zero-order valence-corrected chi connectivity index (χ0v) is 13.9. The molecule has 1 aliphatic rings. The van der Waals surface area contributed by atoms with Crippen molar-refractivity contribution in [1.29, 1.82) is 0 Å². The lowest BCUT2D eigenvalue weighted by molar-refractivity contribution is -0.146. The minimum atomic E-state index is -0.847.